The molecule has 0 spiro atoms. The minimum atomic E-state index is -0.359. The number of rotatable bonds is 4. The maximum Gasteiger partial charge on any atom is 0.165 e. The van der Waals surface area contributed by atoms with Crippen molar-refractivity contribution in [3.63, 3.8) is 0 Å². The van der Waals surface area contributed by atoms with Gasteiger partial charge in [0.1, 0.15) is 6.61 Å². The number of hydrogen-bond acceptors (Lipinski definition) is 3. The Morgan fingerprint density at radius 2 is 2.19 bits per heavy atom. The van der Waals surface area contributed by atoms with Crippen LogP contribution in [0, 0.1) is 5.82 Å². The SMILES string of the molecule is Nc1cnn(CCOc2ccccc2F)c1. The van der Waals surface area contributed by atoms with E-state index in [1.54, 1.807) is 35.3 Å². The van der Waals surface area contributed by atoms with Gasteiger partial charge in [-0.3, -0.25) is 4.68 Å². The number of nitrogens with two attached hydrogens (primary N) is 1. The smallest absolute Gasteiger partial charge is 0.165 e. The fourth-order valence-electron chi connectivity index (χ4n) is 1.31. The number of hydrogen-bond donors (Lipinski definition) is 1. The number of ether oxygens (including phenoxy) is 1. The molecule has 0 unspecified atom stereocenters. The molecule has 1 aromatic heterocycles. The van der Waals surface area contributed by atoms with Gasteiger partial charge in [0, 0.05) is 6.20 Å². The Hall–Kier alpha value is -2.04. The van der Waals surface area contributed by atoms with Crippen LogP contribution in [0.25, 0.3) is 0 Å². The summed E-state index contributed by atoms with van der Waals surface area (Å²) in [5, 5.41) is 3.99. The van der Waals surface area contributed by atoms with Gasteiger partial charge in [0.25, 0.3) is 0 Å². The molecular formula is C11H12FN3O. The van der Waals surface area contributed by atoms with Crippen molar-refractivity contribution in [3.05, 3.63) is 42.5 Å². The zero-order valence-electron chi connectivity index (χ0n) is 8.64. The largest absolute Gasteiger partial charge is 0.489 e. The molecule has 2 rings (SSSR count). The average Bonchev–Trinajstić information content (AvgIpc) is 2.67. The monoisotopic (exact) mass is 221 g/mol. The first-order valence-electron chi connectivity index (χ1n) is 4.91. The predicted octanol–water partition coefficient (Wildman–Crippen LogP) is 1.68. The van der Waals surface area contributed by atoms with Gasteiger partial charge in [0.15, 0.2) is 11.6 Å². The Balaban J connectivity index is 1.87. The number of nitrogen functional groups attached to an aromatic ring is 1. The highest BCUT2D eigenvalue weighted by atomic mass is 19.1. The number of nitrogens with zero attached hydrogens (tertiary/aromatic N) is 2. The van der Waals surface area contributed by atoms with Gasteiger partial charge in [-0.2, -0.15) is 5.10 Å². The Labute approximate surface area is 92.4 Å². The number of anilines is 1. The summed E-state index contributed by atoms with van der Waals surface area (Å²) >= 11 is 0. The third kappa shape index (κ3) is 2.50. The van der Waals surface area contributed by atoms with E-state index >= 15 is 0 Å². The van der Waals surface area contributed by atoms with Crippen molar-refractivity contribution in [1.82, 2.24) is 9.78 Å². The minimum Gasteiger partial charge on any atom is -0.489 e. The molecule has 0 saturated heterocycles. The molecule has 0 aliphatic heterocycles. The first-order chi connectivity index (χ1) is 7.75. The molecule has 0 atom stereocenters. The van der Waals surface area contributed by atoms with Crippen LogP contribution in [0.4, 0.5) is 10.1 Å². The van der Waals surface area contributed by atoms with Crippen molar-refractivity contribution in [2.24, 2.45) is 0 Å². The van der Waals surface area contributed by atoms with Crippen molar-refractivity contribution in [2.75, 3.05) is 12.3 Å². The number of aromatic nitrogens is 2. The average molecular weight is 221 g/mol. The van der Waals surface area contributed by atoms with Crippen LogP contribution in [0.1, 0.15) is 0 Å². The second-order valence-corrected chi connectivity index (χ2v) is 3.32. The topological polar surface area (TPSA) is 53.1 Å². The Bertz CT molecular complexity index is 470. The Morgan fingerprint density at radius 1 is 1.38 bits per heavy atom. The van der Waals surface area contributed by atoms with Crippen molar-refractivity contribution < 1.29 is 9.13 Å². The van der Waals surface area contributed by atoms with Gasteiger partial charge in [-0.05, 0) is 12.1 Å². The molecular weight excluding hydrogens is 209 g/mol. The molecule has 2 N–H and O–H groups in total. The minimum absolute atomic E-state index is 0.252. The predicted molar refractivity (Wildman–Crippen MR) is 58.5 cm³/mol. The van der Waals surface area contributed by atoms with Gasteiger partial charge in [-0.15, -0.1) is 0 Å². The van der Waals surface area contributed by atoms with Crippen LogP contribution in [0.5, 0.6) is 5.75 Å². The molecule has 0 radical (unpaired) electrons. The van der Waals surface area contributed by atoms with Crippen LogP contribution in [0.15, 0.2) is 36.7 Å². The third-order valence-corrected chi connectivity index (χ3v) is 2.07. The molecule has 16 heavy (non-hydrogen) atoms. The number of halogens is 1. The van der Waals surface area contributed by atoms with E-state index in [-0.39, 0.29) is 11.6 Å². The maximum atomic E-state index is 13.2. The lowest BCUT2D eigenvalue weighted by atomic mass is 10.3. The molecule has 1 heterocycles. The fraction of sp³-hybridized carbons (Fsp3) is 0.182. The standard InChI is InChI=1S/C11H12FN3O/c12-10-3-1-2-4-11(10)16-6-5-15-8-9(13)7-14-15/h1-4,7-8H,5-6,13H2. The van der Waals surface area contributed by atoms with Crippen molar-refractivity contribution in [1.29, 1.82) is 0 Å². The molecule has 0 amide bonds. The Morgan fingerprint density at radius 3 is 2.88 bits per heavy atom. The van der Waals surface area contributed by atoms with E-state index in [2.05, 4.69) is 5.10 Å². The summed E-state index contributed by atoms with van der Waals surface area (Å²) < 4.78 is 20.1. The van der Waals surface area contributed by atoms with E-state index in [1.165, 1.54) is 6.07 Å². The summed E-state index contributed by atoms with van der Waals surface area (Å²) in [5.41, 5.74) is 6.10. The second-order valence-electron chi connectivity index (χ2n) is 3.32. The second kappa shape index (κ2) is 4.65. The van der Waals surface area contributed by atoms with Gasteiger partial charge in [0.05, 0.1) is 18.4 Å². The molecule has 0 bridgehead atoms. The normalized spacial score (nSPS) is 10.3. The summed E-state index contributed by atoms with van der Waals surface area (Å²) in [5.74, 6) is -0.106. The van der Waals surface area contributed by atoms with E-state index in [0.29, 0.717) is 18.8 Å². The fourth-order valence-corrected chi connectivity index (χ4v) is 1.31. The quantitative estimate of drug-likeness (QED) is 0.854. The van der Waals surface area contributed by atoms with E-state index in [9.17, 15) is 4.39 Å². The highest BCUT2D eigenvalue weighted by molar-refractivity contribution is 5.30. The summed E-state index contributed by atoms with van der Waals surface area (Å²) in [6.07, 6.45) is 3.26. The van der Waals surface area contributed by atoms with E-state index in [1.807, 2.05) is 0 Å². The number of benzene rings is 1. The highest BCUT2D eigenvalue weighted by Gasteiger charge is 2.01. The van der Waals surface area contributed by atoms with Crippen LogP contribution < -0.4 is 10.5 Å². The van der Waals surface area contributed by atoms with Crippen molar-refractivity contribution in [3.8, 4) is 5.75 Å². The van der Waals surface area contributed by atoms with Crippen LogP contribution in [0.3, 0.4) is 0 Å². The summed E-state index contributed by atoms with van der Waals surface area (Å²) in [4.78, 5) is 0. The Kier molecular flexibility index (Phi) is 3.05. The molecule has 0 aliphatic carbocycles. The zero-order valence-corrected chi connectivity index (χ0v) is 8.64. The van der Waals surface area contributed by atoms with Crippen LogP contribution in [-0.4, -0.2) is 16.4 Å². The van der Waals surface area contributed by atoms with Gasteiger partial charge < -0.3 is 10.5 Å². The van der Waals surface area contributed by atoms with Gasteiger partial charge >= 0.3 is 0 Å². The first kappa shape index (κ1) is 10.5. The maximum absolute atomic E-state index is 13.2. The molecule has 0 saturated carbocycles. The van der Waals surface area contributed by atoms with Crippen molar-refractivity contribution in [2.45, 2.75) is 6.54 Å². The summed E-state index contributed by atoms with van der Waals surface area (Å²) in [6, 6.07) is 6.30. The molecule has 0 aliphatic rings. The lowest BCUT2D eigenvalue weighted by Crippen LogP contribution is -2.09. The van der Waals surface area contributed by atoms with E-state index in [4.69, 9.17) is 10.5 Å². The molecule has 84 valence electrons. The van der Waals surface area contributed by atoms with Gasteiger partial charge in [-0.1, -0.05) is 12.1 Å². The highest BCUT2D eigenvalue weighted by Crippen LogP contribution is 2.15. The van der Waals surface area contributed by atoms with Gasteiger partial charge in [0.2, 0.25) is 0 Å². The molecule has 5 heteroatoms. The van der Waals surface area contributed by atoms with Crippen LogP contribution in [0.2, 0.25) is 0 Å². The van der Waals surface area contributed by atoms with Crippen LogP contribution in [-0.2, 0) is 6.54 Å². The van der Waals surface area contributed by atoms with Crippen molar-refractivity contribution >= 4 is 5.69 Å². The summed E-state index contributed by atoms with van der Waals surface area (Å²) in [6.45, 7) is 0.883. The molecule has 1 aromatic carbocycles. The molecule has 2 aromatic rings. The lowest BCUT2D eigenvalue weighted by molar-refractivity contribution is 0.278. The first-order valence-corrected chi connectivity index (χ1v) is 4.91. The van der Waals surface area contributed by atoms with E-state index in [0.717, 1.165) is 0 Å². The summed E-state index contributed by atoms with van der Waals surface area (Å²) in [7, 11) is 0. The number of para-hydroxylation sites is 1. The molecule has 0 fully saturated rings. The van der Waals surface area contributed by atoms with E-state index < -0.39 is 0 Å². The molecule has 4 nitrogen and oxygen atoms in total. The third-order valence-electron chi connectivity index (χ3n) is 2.07. The lowest BCUT2D eigenvalue weighted by Gasteiger charge is -2.06. The van der Waals surface area contributed by atoms with Gasteiger partial charge in [-0.25, -0.2) is 4.39 Å². The van der Waals surface area contributed by atoms with Crippen LogP contribution >= 0.6 is 0 Å². The zero-order chi connectivity index (χ0) is 11.4.